The van der Waals surface area contributed by atoms with Gasteiger partial charge in [0.15, 0.2) is 0 Å². The van der Waals surface area contributed by atoms with Crippen molar-refractivity contribution in [3.63, 3.8) is 0 Å². The molecule has 0 aliphatic carbocycles. The SMILES string of the molecule is CC(C)n1c(=O)sc2cc(S(=O)(=O)Nc3ccc(F)c(Cl)c3)ccc21. The van der Waals surface area contributed by atoms with Crippen LogP contribution < -0.4 is 9.60 Å². The molecule has 132 valence electrons. The Bertz CT molecular complexity index is 1120. The highest BCUT2D eigenvalue weighted by atomic mass is 35.5. The Hall–Kier alpha value is -1.90. The molecule has 3 aromatic rings. The van der Waals surface area contributed by atoms with E-state index in [1.807, 2.05) is 13.8 Å². The Morgan fingerprint density at radius 2 is 1.92 bits per heavy atom. The van der Waals surface area contributed by atoms with Gasteiger partial charge in [-0.2, -0.15) is 0 Å². The van der Waals surface area contributed by atoms with Gasteiger partial charge in [-0.1, -0.05) is 22.9 Å². The topological polar surface area (TPSA) is 68.2 Å². The van der Waals surface area contributed by atoms with Crippen molar-refractivity contribution < 1.29 is 12.8 Å². The predicted molar refractivity (Wildman–Crippen MR) is 98.7 cm³/mol. The molecular formula is C16H14ClFN2O3S2. The molecule has 0 atom stereocenters. The molecule has 0 unspecified atom stereocenters. The highest BCUT2D eigenvalue weighted by Gasteiger charge is 2.18. The van der Waals surface area contributed by atoms with Crippen molar-refractivity contribution in [1.82, 2.24) is 4.57 Å². The van der Waals surface area contributed by atoms with E-state index in [1.165, 1.54) is 24.3 Å². The molecule has 2 aromatic carbocycles. The van der Waals surface area contributed by atoms with E-state index in [1.54, 1.807) is 10.6 Å². The monoisotopic (exact) mass is 400 g/mol. The minimum atomic E-state index is -3.89. The Labute approximate surface area is 152 Å². The molecule has 25 heavy (non-hydrogen) atoms. The van der Waals surface area contributed by atoms with E-state index >= 15 is 0 Å². The molecule has 0 fully saturated rings. The molecule has 9 heteroatoms. The first kappa shape index (κ1) is 17.9. The maximum atomic E-state index is 13.2. The highest BCUT2D eigenvalue weighted by molar-refractivity contribution is 7.92. The number of rotatable bonds is 4. The van der Waals surface area contributed by atoms with E-state index in [2.05, 4.69) is 4.72 Å². The molecule has 0 amide bonds. The third-order valence-corrected chi connectivity index (χ3v) is 6.17. The summed E-state index contributed by atoms with van der Waals surface area (Å²) in [7, 11) is -3.89. The van der Waals surface area contributed by atoms with Crippen molar-refractivity contribution in [2.45, 2.75) is 24.8 Å². The number of fused-ring (bicyclic) bond motifs is 1. The second-order valence-electron chi connectivity index (χ2n) is 5.70. The number of aromatic nitrogens is 1. The zero-order valence-corrected chi connectivity index (χ0v) is 15.7. The molecule has 0 aliphatic rings. The maximum Gasteiger partial charge on any atom is 0.308 e. The fraction of sp³-hybridized carbons (Fsp3) is 0.188. The summed E-state index contributed by atoms with van der Waals surface area (Å²) in [6.45, 7) is 3.77. The van der Waals surface area contributed by atoms with Crippen molar-refractivity contribution in [2.24, 2.45) is 0 Å². The van der Waals surface area contributed by atoms with E-state index in [0.29, 0.717) is 10.2 Å². The summed E-state index contributed by atoms with van der Waals surface area (Å²) in [5.41, 5.74) is 0.841. The van der Waals surface area contributed by atoms with Crippen molar-refractivity contribution in [2.75, 3.05) is 4.72 Å². The smallest absolute Gasteiger partial charge is 0.296 e. The van der Waals surface area contributed by atoms with Crippen LogP contribution in [-0.4, -0.2) is 13.0 Å². The summed E-state index contributed by atoms with van der Waals surface area (Å²) >= 11 is 6.66. The third-order valence-electron chi connectivity index (χ3n) is 3.58. The number of thiazole rings is 1. The van der Waals surface area contributed by atoms with E-state index in [4.69, 9.17) is 11.6 Å². The van der Waals surface area contributed by atoms with Gasteiger partial charge in [0.05, 0.1) is 25.8 Å². The summed E-state index contributed by atoms with van der Waals surface area (Å²) in [4.78, 5) is 11.9. The number of sulfonamides is 1. The van der Waals surface area contributed by atoms with Crippen LogP contribution in [0.5, 0.6) is 0 Å². The van der Waals surface area contributed by atoms with Gasteiger partial charge in [-0.05, 0) is 50.2 Å². The van der Waals surface area contributed by atoms with Crippen LogP contribution in [0.15, 0.2) is 46.1 Å². The number of benzene rings is 2. The number of nitrogens with zero attached hydrogens (tertiary/aromatic N) is 1. The highest BCUT2D eigenvalue weighted by Crippen LogP contribution is 2.26. The van der Waals surface area contributed by atoms with Gasteiger partial charge >= 0.3 is 4.87 Å². The normalized spacial score (nSPS) is 12.0. The Kier molecular flexibility index (Phi) is 4.61. The van der Waals surface area contributed by atoms with E-state index in [0.717, 1.165) is 17.4 Å². The van der Waals surface area contributed by atoms with Gasteiger partial charge in [-0.25, -0.2) is 12.8 Å². The molecule has 0 aliphatic heterocycles. The fourth-order valence-corrected chi connectivity index (χ4v) is 4.83. The average Bonchev–Trinajstić information content (AvgIpc) is 2.85. The first-order valence-corrected chi connectivity index (χ1v) is 10.00. The van der Waals surface area contributed by atoms with Crippen LogP contribution in [0.1, 0.15) is 19.9 Å². The van der Waals surface area contributed by atoms with Crippen molar-refractivity contribution in [3.05, 3.63) is 56.9 Å². The number of hydrogen-bond donors (Lipinski definition) is 1. The number of halogens is 2. The van der Waals surface area contributed by atoms with E-state index in [-0.39, 0.29) is 26.5 Å². The molecule has 0 spiro atoms. The summed E-state index contributed by atoms with van der Waals surface area (Å²) in [5, 5.41) is -0.178. The lowest BCUT2D eigenvalue weighted by Gasteiger charge is -2.10. The molecule has 0 saturated carbocycles. The standard InChI is InChI=1S/C16H14ClFN2O3S2/c1-9(2)20-14-6-4-11(8-15(14)24-16(20)21)25(22,23)19-10-3-5-13(18)12(17)7-10/h3-9,19H,1-2H3. The quantitative estimate of drug-likeness (QED) is 0.712. The summed E-state index contributed by atoms with van der Waals surface area (Å²) in [6.07, 6.45) is 0. The van der Waals surface area contributed by atoms with Gasteiger partial charge < -0.3 is 0 Å². The van der Waals surface area contributed by atoms with Crippen LogP contribution in [0.3, 0.4) is 0 Å². The molecule has 5 nitrogen and oxygen atoms in total. The fourth-order valence-electron chi connectivity index (χ4n) is 2.45. The van der Waals surface area contributed by atoms with Gasteiger partial charge in [0, 0.05) is 6.04 Å². The van der Waals surface area contributed by atoms with Crippen LogP contribution >= 0.6 is 22.9 Å². The summed E-state index contributed by atoms with van der Waals surface area (Å²) < 4.78 is 42.8. The second-order valence-corrected chi connectivity index (χ2v) is 8.78. The van der Waals surface area contributed by atoms with Gasteiger partial charge in [-0.15, -0.1) is 0 Å². The first-order valence-electron chi connectivity index (χ1n) is 7.32. The molecule has 0 saturated heterocycles. The van der Waals surface area contributed by atoms with Crippen LogP contribution in [0, 0.1) is 5.82 Å². The first-order chi connectivity index (χ1) is 11.7. The van der Waals surface area contributed by atoms with Gasteiger partial charge in [0.2, 0.25) is 0 Å². The zero-order chi connectivity index (χ0) is 18.4. The molecule has 1 N–H and O–H groups in total. The largest absolute Gasteiger partial charge is 0.308 e. The molecule has 0 bridgehead atoms. The van der Waals surface area contributed by atoms with E-state index < -0.39 is 15.8 Å². The minimum absolute atomic E-state index is 0.0117. The second kappa shape index (κ2) is 6.44. The number of hydrogen-bond acceptors (Lipinski definition) is 4. The maximum absolute atomic E-state index is 13.2. The number of anilines is 1. The Morgan fingerprint density at radius 3 is 2.56 bits per heavy atom. The summed E-state index contributed by atoms with van der Waals surface area (Å²) in [6, 6.07) is 8.03. The van der Waals surface area contributed by atoms with Crippen molar-refractivity contribution in [1.29, 1.82) is 0 Å². The lowest BCUT2D eigenvalue weighted by molar-refractivity contribution is 0.601. The summed E-state index contributed by atoms with van der Waals surface area (Å²) in [5.74, 6) is -0.633. The molecule has 1 heterocycles. The van der Waals surface area contributed by atoms with E-state index in [9.17, 15) is 17.6 Å². The molecule has 3 rings (SSSR count). The third kappa shape index (κ3) is 3.42. The van der Waals surface area contributed by atoms with Crippen LogP contribution in [-0.2, 0) is 10.0 Å². The van der Waals surface area contributed by atoms with Gasteiger partial charge in [0.1, 0.15) is 5.82 Å². The lowest BCUT2D eigenvalue weighted by Crippen LogP contribution is -2.15. The van der Waals surface area contributed by atoms with Crippen molar-refractivity contribution >= 4 is 48.9 Å². The Morgan fingerprint density at radius 1 is 1.20 bits per heavy atom. The molecular weight excluding hydrogens is 387 g/mol. The lowest BCUT2D eigenvalue weighted by atomic mass is 10.3. The van der Waals surface area contributed by atoms with Crippen LogP contribution in [0.25, 0.3) is 10.2 Å². The Balaban J connectivity index is 2.02. The van der Waals surface area contributed by atoms with Crippen LogP contribution in [0.4, 0.5) is 10.1 Å². The van der Waals surface area contributed by atoms with Crippen LogP contribution in [0.2, 0.25) is 5.02 Å². The zero-order valence-electron chi connectivity index (χ0n) is 13.3. The average molecular weight is 401 g/mol. The van der Waals surface area contributed by atoms with Crippen molar-refractivity contribution in [3.8, 4) is 0 Å². The number of nitrogens with one attached hydrogen (secondary N) is 1. The molecule has 0 radical (unpaired) electrons. The van der Waals surface area contributed by atoms with Gasteiger partial charge in [-0.3, -0.25) is 14.1 Å². The predicted octanol–water partition coefficient (Wildman–Crippen LogP) is 4.24. The minimum Gasteiger partial charge on any atom is -0.296 e. The van der Waals surface area contributed by atoms with Gasteiger partial charge in [0.25, 0.3) is 10.0 Å². The molecule has 1 aromatic heterocycles.